The summed E-state index contributed by atoms with van der Waals surface area (Å²) in [5.74, 6) is -1.88. The molecule has 98 valence electrons. The molecule has 0 aromatic rings. The number of aliphatic carboxylic acids is 1. The molecule has 1 fully saturated rings. The molecule has 5 nitrogen and oxygen atoms in total. The average Bonchev–Trinajstić information content (AvgIpc) is 3.03. The number of aliphatic hydroxyl groups excluding tert-OH is 1. The van der Waals surface area contributed by atoms with E-state index in [0.717, 1.165) is 6.42 Å². The van der Waals surface area contributed by atoms with Crippen molar-refractivity contribution in [3.05, 3.63) is 0 Å². The zero-order valence-corrected chi connectivity index (χ0v) is 10.4. The quantitative estimate of drug-likeness (QED) is 0.612. The highest BCUT2D eigenvalue weighted by Gasteiger charge is 2.48. The van der Waals surface area contributed by atoms with E-state index in [2.05, 4.69) is 5.32 Å². The van der Waals surface area contributed by atoms with Gasteiger partial charge in [-0.3, -0.25) is 9.59 Å². The third kappa shape index (κ3) is 4.34. The van der Waals surface area contributed by atoms with Crippen LogP contribution in [0.2, 0.25) is 0 Å². The summed E-state index contributed by atoms with van der Waals surface area (Å²) in [7, 11) is 0. The maximum absolute atomic E-state index is 11.6. The van der Waals surface area contributed by atoms with Gasteiger partial charge >= 0.3 is 5.97 Å². The Balaban J connectivity index is 2.27. The normalized spacial score (nSPS) is 23.2. The van der Waals surface area contributed by atoms with Crippen molar-refractivity contribution in [1.29, 1.82) is 0 Å². The van der Waals surface area contributed by atoms with E-state index in [1.165, 1.54) is 0 Å². The number of hydrogen-bond acceptors (Lipinski definition) is 3. The summed E-state index contributed by atoms with van der Waals surface area (Å²) >= 11 is 0. The van der Waals surface area contributed by atoms with Gasteiger partial charge in [0.05, 0.1) is 11.8 Å². The van der Waals surface area contributed by atoms with Gasteiger partial charge in [0.15, 0.2) is 0 Å². The molecule has 1 amide bonds. The number of rotatable bonds is 7. The Morgan fingerprint density at radius 1 is 1.35 bits per heavy atom. The first-order valence-electron chi connectivity index (χ1n) is 5.99. The van der Waals surface area contributed by atoms with Gasteiger partial charge in [0.1, 0.15) is 0 Å². The van der Waals surface area contributed by atoms with Crippen LogP contribution in [0.25, 0.3) is 0 Å². The van der Waals surface area contributed by atoms with Gasteiger partial charge < -0.3 is 15.5 Å². The molecule has 1 aliphatic carbocycles. The highest BCUT2D eigenvalue weighted by molar-refractivity contribution is 5.89. The Bertz CT molecular complexity index is 301. The topological polar surface area (TPSA) is 86.6 Å². The zero-order valence-electron chi connectivity index (χ0n) is 10.4. The van der Waals surface area contributed by atoms with Crippen molar-refractivity contribution >= 4 is 11.9 Å². The van der Waals surface area contributed by atoms with Crippen molar-refractivity contribution in [2.45, 2.75) is 33.1 Å². The van der Waals surface area contributed by atoms with E-state index >= 15 is 0 Å². The molecular formula is C12H21NO4. The van der Waals surface area contributed by atoms with E-state index < -0.39 is 11.9 Å². The molecule has 0 aromatic carbocycles. The molecular weight excluding hydrogens is 222 g/mol. The first kappa shape index (κ1) is 14.0. The van der Waals surface area contributed by atoms with Crippen LogP contribution in [0.3, 0.4) is 0 Å². The lowest BCUT2D eigenvalue weighted by molar-refractivity contribution is -0.140. The van der Waals surface area contributed by atoms with Gasteiger partial charge in [-0.2, -0.15) is 0 Å². The molecule has 0 spiro atoms. The minimum Gasteiger partial charge on any atom is -0.481 e. The number of carboxylic acids is 1. The molecule has 5 heteroatoms. The number of amides is 1. The monoisotopic (exact) mass is 243 g/mol. The Kier molecular flexibility index (Phi) is 4.51. The van der Waals surface area contributed by atoms with Crippen molar-refractivity contribution < 1.29 is 19.8 Å². The molecule has 0 aliphatic heterocycles. The molecule has 0 saturated heterocycles. The van der Waals surface area contributed by atoms with Gasteiger partial charge in [0, 0.05) is 13.2 Å². The van der Waals surface area contributed by atoms with E-state index in [0.29, 0.717) is 19.4 Å². The Hall–Kier alpha value is -1.10. The van der Waals surface area contributed by atoms with Crippen molar-refractivity contribution in [1.82, 2.24) is 5.32 Å². The van der Waals surface area contributed by atoms with Crippen molar-refractivity contribution in [3.63, 3.8) is 0 Å². The average molecular weight is 243 g/mol. The fourth-order valence-corrected chi connectivity index (χ4v) is 1.86. The molecule has 1 saturated carbocycles. The van der Waals surface area contributed by atoms with Gasteiger partial charge in [0.25, 0.3) is 0 Å². The second-order valence-electron chi connectivity index (χ2n) is 5.50. The molecule has 3 N–H and O–H groups in total. The molecule has 1 aliphatic rings. The second kappa shape index (κ2) is 5.49. The van der Waals surface area contributed by atoms with Crippen LogP contribution in [0.4, 0.5) is 0 Å². The van der Waals surface area contributed by atoms with Crippen LogP contribution in [0.1, 0.15) is 33.1 Å². The standard InChI is InChI=1S/C12H21NO4/c1-12(2,4-3-5-14)7-13-10(15)8-6-9(8)11(16)17/h8-9,14H,3-7H2,1-2H3,(H,13,15)(H,16,17). The van der Waals surface area contributed by atoms with Crippen LogP contribution in [-0.2, 0) is 9.59 Å². The van der Waals surface area contributed by atoms with Gasteiger partial charge in [-0.05, 0) is 24.7 Å². The van der Waals surface area contributed by atoms with Gasteiger partial charge in [0.2, 0.25) is 5.91 Å². The SMILES string of the molecule is CC(C)(CCCO)CNC(=O)C1CC1C(=O)O. The third-order valence-electron chi connectivity index (χ3n) is 3.20. The fraction of sp³-hybridized carbons (Fsp3) is 0.833. The largest absolute Gasteiger partial charge is 0.481 e. The highest BCUT2D eigenvalue weighted by Crippen LogP contribution is 2.38. The molecule has 0 bridgehead atoms. The Morgan fingerprint density at radius 2 is 2.00 bits per heavy atom. The van der Waals surface area contributed by atoms with E-state index in [9.17, 15) is 9.59 Å². The summed E-state index contributed by atoms with van der Waals surface area (Å²) in [5.41, 5.74) is -0.0635. The lowest BCUT2D eigenvalue weighted by Crippen LogP contribution is -2.35. The number of carboxylic acid groups (broad SMARTS) is 1. The molecule has 2 unspecified atom stereocenters. The van der Waals surface area contributed by atoms with Gasteiger partial charge in [-0.15, -0.1) is 0 Å². The number of hydrogen-bond donors (Lipinski definition) is 3. The second-order valence-corrected chi connectivity index (χ2v) is 5.50. The number of carbonyl (C=O) groups is 2. The number of nitrogens with one attached hydrogen (secondary N) is 1. The van der Waals surface area contributed by atoms with Crippen LogP contribution >= 0.6 is 0 Å². The minimum atomic E-state index is -0.885. The van der Waals surface area contributed by atoms with Crippen LogP contribution in [-0.4, -0.2) is 35.2 Å². The maximum atomic E-state index is 11.6. The van der Waals surface area contributed by atoms with Crippen LogP contribution < -0.4 is 5.32 Å². The van der Waals surface area contributed by atoms with E-state index in [1.807, 2.05) is 13.8 Å². The highest BCUT2D eigenvalue weighted by atomic mass is 16.4. The maximum Gasteiger partial charge on any atom is 0.307 e. The summed E-state index contributed by atoms with van der Waals surface area (Å²) < 4.78 is 0. The lowest BCUT2D eigenvalue weighted by atomic mass is 9.88. The molecule has 0 aromatic heterocycles. The predicted molar refractivity (Wildman–Crippen MR) is 62.3 cm³/mol. The summed E-state index contributed by atoms with van der Waals surface area (Å²) in [6.45, 7) is 4.71. The molecule has 2 atom stereocenters. The summed E-state index contributed by atoms with van der Waals surface area (Å²) in [4.78, 5) is 22.2. The van der Waals surface area contributed by atoms with Crippen molar-refractivity contribution in [2.24, 2.45) is 17.3 Å². The summed E-state index contributed by atoms with van der Waals surface area (Å²) in [6, 6.07) is 0. The first-order valence-corrected chi connectivity index (χ1v) is 5.99. The van der Waals surface area contributed by atoms with Crippen molar-refractivity contribution in [2.75, 3.05) is 13.2 Å². The van der Waals surface area contributed by atoms with E-state index in [1.54, 1.807) is 0 Å². The van der Waals surface area contributed by atoms with E-state index in [4.69, 9.17) is 10.2 Å². The minimum absolute atomic E-state index is 0.0635. The fourth-order valence-electron chi connectivity index (χ4n) is 1.86. The third-order valence-corrected chi connectivity index (χ3v) is 3.20. The predicted octanol–water partition coefficient (Wildman–Crippen LogP) is 0.622. The van der Waals surface area contributed by atoms with Crippen molar-refractivity contribution in [3.8, 4) is 0 Å². The van der Waals surface area contributed by atoms with E-state index in [-0.39, 0.29) is 23.8 Å². The van der Waals surface area contributed by atoms with Crippen LogP contribution in [0.5, 0.6) is 0 Å². The molecule has 0 radical (unpaired) electrons. The van der Waals surface area contributed by atoms with Crippen LogP contribution in [0, 0.1) is 17.3 Å². The molecule has 17 heavy (non-hydrogen) atoms. The smallest absolute Gasteiger partial charge is 0.307 e. The Labute approximate surface area is 101 Å². The van der Waals surface area contributed by atoms with Gasteiger partial charge in [-0.1, -0.05) is 13.8 Å². The summed E-state index contributed by atoms with van der Waals surface area (Å²) in [6.07, 6.45) is 2.00. The number of carbonyl (C=O) groups excluding carboxylic acids is 1. The van der Waals surface area contributed by atoms with Gasteiger partial charge in [-0.25, -0.2) is 0 Å². The van der Waals surface area contributed by atoms with Crippen LogP contribution in [0.15, 0.2) is 0 Å². The zero-order chi connectivity index (χ0) is 13.1. The molecule has 0 heterocycles. The first-order chi connectivity index (χ1) is 7.87. The summed E-state index contributed by atoms with van der Waals surface area (Å²) in [5, 5.41) is 20.3. The molecule has 1 rings (SSSR count). The lowest BCUT2D eigenvalue weighted by Gasteiger charge is -2.24. The Morgan fingerprint density at radius 3 is 2.47 bits per heavy atom. The number of aliphatic hydroxyl groups is 1.